The third-order valence-corrected chi connectivity index (χ3v) is 3.88. The number of ether oxygens (including phenoxy) is 4. The van der Waals surface area contributed by atoms with E-state index in [0.29, 0.717) is 26.4 Å². The molecule has 0 heterocycles. The van der Waals surface area contributed by atoms with E-state index < -0.39 is 0 Å². The fourth-order valence-electron chi connectivity index (χ4n) is 2.45. The molecule has 1 fully saturated rings. The van der Waals surface area contributed by atoms with E-state index in [1.54, 1.807) is 0 Å². The molecule has 0 aliphatic heterocycles. The Kier molecular flexibility index (Phi) is 9.95. The van der Waals surface area contributed by atoms with E-state index in [4.69, 9.17) is 18.9 Å². The molecular weight excluding hydrogens is 312 g/mol. The number of carbonyl (C=O) groups excluding carboxylic acids is 2. The van der Waals surface area contributed by atoms with Gasteiger partial charge in [0.1, 0.15) is 13.2 Å². The molecule has 6 nitrogen and oxygen atoms in total. The monoisotopic (exact) mass is 344 g/mol. The van der Waals surface area contributed by atoms with Crippen molar-refractivity contribution in [1.29, 1.82) is 0 Å². The smallest absolute Gasteiger partial charge is 0.308 e. The summed E-state index contributed by atoms with van der Waals surface area (Å²) in [5.41, 5.74) is 0. The highest BCUT2D eigenvalue weighted by atomic mass is 16.6. The summed E-state index contributed by atoms with van der Waals surface area (Å²) in [5.74, 6) is -0.608. The lowest BCUT2D eigenvalue weighted by Crippen LogP contribution is -2.30. The van der Waals surface area contributed by atoms with Crippen LogP contribution in [0.3, 0.4) is 0 Å². The van der Waals surface area contributed by atoms with Crippen LogP contribution in [0.25, 0.3) is 0 Å². The largest absolute Gasteiger partial charge is 0.463 e. The summed E-state index contributed by atoms with van der Waals surface area (Å²) in [4.78, 5) is 22.7. The highest BCUT2D eigenvalue weighted by Crippen LogP contribution is 2.23. The lowest BCUT2D eigenvalue weighted by atomic mass is 9.95. The predicted molar refractivity (Wildman–Crippen MR) is 89.5 cm³/mol. The van der Waals surface area contributed by atoms with Gasteiger partial charge in [-0.25, -0.2) is 0 Å². The van der Waals surface area contributed by atoms with E-state index in [1.165, 1.54) is 0 Å². The average Bonchev–Trinajstić information content (AvgIpc) is 2.55. The van der Waals surface area contributed by atoms with Crippen molar-refractivity contribution in [3.05, 3.63) is 0 Å². The molecule has 0 bridgehead atoms. The van der Waals surface area contributed by atoms with Gasteiger partial charge in [0.05, 0.1) is 37.3 Å². The molecule has 0 aromatic carbocycles. The maximum Gasteiger partial charge on any atom is 0.308 e. The van der Waals surface area contributed by atoms with Crippen molar-refractivity contribution in [3.8, 4) is 0 Å². The second-order valence-corrected chi connectivity index (χ2v) is 6.80. The van der Waals surface area contributed by atoms with Crippen molar-refractivity contribution in [2.45, 2.75) is 65.6 Å². The Morgan fingerprint density at radius 2 is 1.21 bits per heavy atom. The van der Waals surface area contributed by atoms with Gasteiger partial charge in [-0.05, 0) is 25.7 Å². The summed E-state index contributed by atoms with van der Waals surface area (Å²) < 4.78 is 21.8. The van der Waals surface area contributed by atoms with E-state index in [1.807, 2.05) is 27.7 Å². The summed E-state index contributed by atoms with van der Waals surface area (Å²) in [5, 5.41) is 0. The van der Waals surface area contributed by atoms with E-state index in [-0.39, 0.29) is 36.0 Å². The molecule has 0 aromatic rings. The van der Waals surface area contributed by atoms with Crippen LogP contribution < -0.4 is 0 Å². The minimum absolute atomic E-state index is 0.109. The van der Waals surface area contributed by atoms with Crippen LogP contribution in [0.2, 0.25) is 0 Å². The number of hydrogen-bond acceptors (Lipinski definition) is 6. The Hall–Kier alpha value is -1.14. The maximum absolute atomic E-state index is 11.3. The molecule has 1 saturated carbocycles. The maximum atomic E-state index is 11.3. The molecule has 0 spiro atoms. The Labute approximate surface area is 145 Å². The van der Waals surface area contributed by atoms with Crippen LogP contribution in [-0.2, 0) is 28.5 Å². The number of carbonyl (C=O) groups is 2. The van der Waals surface area contributed by atoms with Crippen molar-refractivity contribution in [2.24, 2.45) is 11.8 Å². The highest BCUT2D eigenvalue weighted by molar-refractivity contribution is 5.71. The molecule has 1 aliphatic carbocycles. The molecule has 1 rings (SSSR count). The summed E-state index contributed by atoms with van der Waals surface area (Å²) in [6.07, 6.45) is 4.16. The molecule has 140 valence electrons. The van der Waals surface area contributed by atoms with E-state index in [9.17, 15) is 9.59 Å². The minimum Gasteiger partial charge on any atom is -0.463 e. The molecule has 0 N–H and O–H groups in total. The Morgan fingerprint density at radius 3 is 1.58 bits per heavy atom. The van der Waals surface area contributed by atoms with Crippen LogP contribution in [0.15, 0.2) is 0 Å². The van der Waals surface area contributed by atoms with Gasteiger partial charge >= 0.3 is 11.9 Å². The molecule has 0 radical (unpaired) electrons. The van der Waals surface area contributed by atoms with Gasteiger partial charge in [-0.15, -0.1) is 0 Å². The van der Waals surface area contributed by atoms with Gasteiger partial charge in [-0.1, -0.05) is 27.7 Å². The van der Waals surface area contributed by atoms with Gasteiger partial charge < -0.3 is 18.9 Å². The van der Waals surface area contributed by atoms with Gasteiger partial charge in [0.15, 0.2) is 0 Å². The molecular formula is C18H32O6. The summed E-state index contributed by atoms with van der Waals surface area (Å²) in [7, 11) is 0. The van der Waals surface area contributed by atoms with Crippen LogP contribution in [0.5, 0.6) is 0 Å². The lowest BCUT2D eigenvalue weighted by molar-refractivity contribution is -0.150. The van der Waals surface area contributed by atoms with Gasteiger partial charge in [0, 0.05) is 0 Å². The molecule has 0 aromatic heterocycles. The minimum atomic E-state index is -0.195. The molecule has 6 heteroatoms. The zero-order valence-electron chi connectivity index (χ0n) is 15.4. The van der Waals surface area contributed by atoms with Crippen LogP contribution in [-0.4, -0.2) is 50.6 Å². The molecule has 24 heavy (non-hydrogen) atoms. The fraction of sp³-hybridized carbons (Fsp3) is 0.889. The standard InChI is InChI=1S/C18H32O6/c1-13(2)17(19)23-10-8-21-15-6-5-7-16(12-15)22-9-11-24-18(20)14(3)4/h13-16H,5-12H2,1-4H3. The second kappa shape index (κ2) is 11.4. The van der Waals surface area contributed by atoms with Gasteiger partial charge in [0.2, 0.25) is 0 Å². The average molecular weight is 344 g/mol. The summed E-state index contributed by atoms with van der Waals surface area (Å²) >= 11 is 0. The predicted octanol–water partition coefficient (Wildman–Crippen LogP) is 2.73. The fourth-order valence-corrected chi connectivity index (χ4v) is 2.45. The van der Waals surface area contributed by atoms with Gasteiger partial charge in [-0.3, -0.25) is 9.59 Å². The van der Waals surface area contributed by atoms with Gasteiger partial charge in [0.25, 0.3) is 0 Å². The normalized spacial score (nSPS) is 21.1. The number of esters is 2. The molecule has 2 unspecified atom stereocenters. The van der Waals surface area contributed by atoms with Crippen molar-refractivity contribution >= 4 is 11.9 Å². The quantitative estimate of drug-likeness (QED) is 0.448. The van der Waals surface area contributed by atoms with Crippen molar-refractivity contribution in [2.75, 3.05) is 26.4 Å². The molecule has 0 saturated heterocycles. The first kappa shape index (κ1) is 20.9. The lowest BCUT2D eigenvalue weighted by Gasteiger charge is -2.29. The van der Waals surface area contributed by atoms with E-state index >= 15 is 0 Å². The zero-order valence-corrected chi connectivity index (χ0v) is 15.4. The third kappa shape index (κ3) is 8.64. The second-order valence-electron chi connectivity index (χ2n) is 6.80. The summed E-state index contributed by atoms with van der Waals surface area (Å²) in [6.45, 7) is 8.67. The third-order valence-electron chi connectivity index (χ3n) is 3.88. The SMILES string of the molecule is CC(C)C(=O)OCCOC1CCCC(OCCOC(=O)C(C)C)C1. The van der Waals surface area contributed by atoms with Crippen LogP contribution >= 0.6 is 0 Å². The number of rotatable bonds is 10. The topological polar surface area (TPSA) is 71.1 Å². The van der Waals surface area contributed by atoms with Crippen molar-refractivity contribution in [1.82, 2.24) is 0 Å². The van der Waals surface area contributed by atoms with E-state index in [0.717, 1.165) is 25.7 Å². The highest BCUT2D eigenvalue weighted by Gasteiger charge is 2.23. The first-order valence-corrected chi connectivity index (χ1v) is 8.96. The Morgan fingerprint density at radius 1 is 0.792 bits per heavy atom. The van der Waals surface area contributed by atoms with Crippen LogP contribution in [0, 0.1) is 11.8 Å². The Bertz CT molecular complexity index is 346. The van der Waals surface area contributed by atoms with Gasteiger partial charge in [-0.2, -0.15) is 0 Å². The first-order chi connectivity index (χ1) is 11.4. The Balaban J connectivity index is 2.11. The number of hydrogen-bond donors (Lipinski definition) is 0. The van der Waals surface area contributed by atoms with E-state index in [2.05, 4.69) is 0 Å². The first-order valence-electron chi connectivity index (χ1n) is 8.96. The van der Waals surface area contributed by atoms with Crippen molar-refractivity contribution in [3.63, 3.8) is 0 Å². The zero-order chi connectivity index (χ0) is 17.9. The molecule has 2 atom stereocenters. The molecule has 1 aliphatic rings. The van der Waals surface area contributed by atoms with Crippen LogP contribution in [0.4, 0.5) is 0 Å². The van der Waals surface area contributed by atoms with Crippen molar-refractivity contribution < 1.29 is 28.5 Å². The van der Waals surface area contributed by atoms with Crippen LogP contribution in [0.1, 0.15) is 53.4 Å². The molecule has 0 amide bonds. The summed E-state index contributed by atoms with van der Waals surface area (Å²) in [6, 6.07) is 0.